The van der Waals surface area contributed by atoms with Gasteiger partial charge in [-0.3, -0.25) is 9.78 Å². The fourth-order valence-electron chi connectivity index (χ4n) is 2.93. The van der Waals surface area contributed by atoms with Crippen LogP contribution in [0.5, 0.6) is 0 Å². The molecule has 1 amide bonds. The van der Waals surface area contributed by atoms with E-state index in [0.717, 1.165) is 21.3 Å². The molecule has 156 valence electrons. The Morgan fingerprint density at radius 1 is 1.03 bits per heavy atom. The number of hydrogen-bond donors (Lipinski definition) is 2. The molecule has 3 rings (SSSR count). The number of pyridine rings is 1. The van der Waals surface area contributed by atoms with E-state index >= 15 is 0 Å². The molecule has 0 radical (unpaired) electrons. The van der Waals surface area contributed by atoms with Crippen LogP contribution in [0.15, 0.2) is 65.1 Å². The fraction of sp³-hybridized carbons (Fsp3) is 0.182. The highest BCUT2D eigenvalue weighted by Crippen LogP contribution is 2.22. The van der Waals surface area contributed by atoms with Crippen LogP contribution >= 0.6 is 15.9 Å². The van der Waals surface area contributed by atoms with Crippen molar-refractivity contribution in [1.82, 2.24) is 15.0 Å². The summed E-state index contributed by atoms with van der Waals surface area (Å²) in [7, 11) is -1.92. The van der Waals surface area contributed by atoms with Crippen molar-refractivity contribution in [1.29, 1.82) is 0 Å². The number of nitrogens with zero attached hydrogens (tertiary/aromatic N) is 1. The van der Waals surface area contributed by atoms with Crippen LogP contribution in [0, 0.1) is 6.92 Å². The van der Waals surface area contributed by atoms with Crippen LogP contribution in [0.4, 0.5) is 0 Å². The number of aromatic nitrogens is 1. The van der Waals surface area contributed by atoms with Gasteiger partial charge in [-0.1, -0.05) is 52.3 Å². The van der Waals surface area contributed by atoms with Crippen LogP contribution in [-0.2, 0) is 22.3 Å². The minimum atomic E-state index is -3.31. The van der Waals surface area contributed by atoms with Crippen LogP contribution in [0.3, 0.4) is 0 Å². The van der Waals surface area contributed by atoms with E-state index in [9.17, 15) is 13.2 Å². The molecule has 8 heteroatoms. The molecule has 1 aromatic heterocycles. The molecular formula is C22H22BrN3O3S. The number of nitrogens with one attached hydrogen (secondary N) is 2. The van der Waals surface area contributed by atoms with Gasteiger partial charge < -0.3 is 5.32 Å². The quantitative estimate of drug-likeness (QED) is 0.530. The van der Waals surface area contributed by atoms with Gasteiger partial charge in [-0.05, 0) is 49.4 Å². The topological polar surface area (TPSA) is 88.2 Å². The van der Waals surface area contributed by atoms with Crippen molar-refractivity contribution in [3.63, 3.8) is 0 Å². The molecule has 0 aliphatic heterocycles. The van der Waals surface area contributed by atoms with Gasteiger partial charge in [0.25, 0.3) is 5.91 Å². The normalized spacial score (nSPS) is 11.3. The lowest BCUT2D eigenvalue weighted by molar-refractivity contribution is 0.0950. The molecule has 0 fully saturated rings. The zero-order valence-corrected chi connectivity index (χ0v) is 19.0. The third-order valence-corrected chi connectivity index (χ3v) is 6.42. The average molecular weight is 488 g/mol. The first-order chi connectivity index (χ1) is 14.3. The third-order valence-electron chi connectivity index (χ3n) is 4.59. The van der Waals surface area contributed by atoms with Gasteiger partial charge in [0.2, 0.25) is 10.0 Å². The van der Waals surface area contributed by atoms with Crippen molar-refractivity contribution in [2.45, 2.75) is 19.2 Å². The first-order valence-electron chi connectivity index (χ1n) is 9.28. The SMILES string of the molecule is CNS(=O)(=O)Cc1ccc(CNC(=O)c2ccc(-c3cccc(Br)c3)nc2C)cc1. The smallest absolute Gasteiger partial charge is 0.253 e. The van der Waals surface area contributed by atoms with Gasteiger partial charge in [0.1, 0.15) is 0 Å². The maximum absolute atomic E-state index is 12.6. The van der Waals surface area contributed by atoms with E-state index in [0.29, 0.717) is 23.4 Å². The number of hydrogen-bond acceptors (Lipinski definition) is 4. The molecule has 0 aliphatic rings. The predicted molar refractivity (Wildman–Crippen MR) is 121 cm³/mol. The summed E-state index contributed by atoms with van der Waals surface area (Å²) in [4.78, 5) is 17.2. The number of amides is 1. The summed E-state index contributed by atoms with van der Waals surface area (Å²) in [6.07, 6.45) is 0. The number of carbonyl (C=O) groups excluding carboxylic acids is 1. The summed E-state index contributed by atoms with van der Waals surface area (Å²) in [5, 5.41) is 2.89. The minimum absolute atomic E-state index is 0.0780. The number of benzene rings is 2. The molecule has 0 spiro atoms. The maximum atomic E-state index is 12.6. The van der Waals surface area contributed by atoms with E-state index in [2.05, 4.69) is 31.0 Å². The lowest BCUT2D eigenvalue weighted by Crippen LogP contribution is -2.24. The number of rotatable bonds is 7. The molecule has 0 unspecified atom stereocenters. The highest BCUT2D eigenvalue weighted by molar-refractivity contribution is 9.10. The van der Waals surface area contributed by atoms with Gasteiger partial charge in [-0.15, -0.1) is 0 Å². The second-order valence-electron chi connectivity index (χ2n) is 6.80. The summed E-state index contributed by atoms with van der Waals surface area (Å²) in [5.41, 5.74) is 4.51. The summed E-state index contributed by atoms with van der Waals surface area (Å²) >= 11 is 3.46. The van der Waals surface area contributed by atoms with Crippen molar-refractivity contribution in [3.8, 4) is 11.3 Å². The lowest BCUT2D eigenvalue weighted by Gasteiger charge is -2.10. The van der Waals surface area contributed by atoms with Gasteiger partial charge >= 0.3 is 0 Å². The molecule has 2 aromatic carbocycles. The zero-order chi connectivity index (χ0) is 21.7. The van der Waals surface area contributed by atoms with Gasteiger partial charge in [-0.2, -0.15) is 0 Å². The Labute approximate surface area is 184 Å². The second kappa shape index (κ2) is 9.51. The van der Waals surface area contributed by atoms with Crippen LogP contribution in [0.1, 0.15) is 27.2 Å². The number of carbonyl (C=O) groups is 1. The van der Waals surface area contributed by atoms with E-state index in [1.54, 1.807) is 18.2 Å². The van der Waals surface area contributed by atoms with Gasteiger partial charge in [0, 0.05) is 16.6 Å². The molecule has 0 bridgehead atoms. The van der Waals surface area contributed by atoms with Crippen LogP contribution in [-0.4, -0.2) is 26.4 Å². The average Bonchev–Trinajstić information content (AvgIpc) is 2.72. The van der Waals surface area contributed by atoms with Crippen molar-refractivity contribution in [2.75, 3.05) is 7.05 Å². The van der Waals surface area contributed by atoms with Gasteiger partial charge in [0.05, 0.1) is 22.7 Å². The zero-order valence-electron chi connectivity index (χ0n) is 16.6. The summed E-state index contributed by atoms with van der Waals surface area (Å²) in [6, 6.07) is 18.6. The molecule has 0 saturated carbocycles. The van der Waals surface area contributed by atoms with E-state index < -0.39 is 10.0 Å². The largest absolute Gasteiger partial charge is 0.348 e. The van der Waals surface area contributed by atoms with E-state index in [1.807, 2.05) is 49.4 Å². The molecule has 3 aromatic rings. The molecular weight excluding hydrogens is 466 g/mol. The number of halogens is 1. The predicted octanol–water partition coefficient (Wildman–Crippen LogP) is 3.80. The first-order valence-corrected chi connectivity index (χ1v) is 11.7. The molecule has 0 aliphatic carbocycles. The summed E-state index contributed by atoms with van der Waals surface area (Å²) < 4.78 is 26.5. The molecule has 6 nitrogen and oxygen atoms in total. The number of aryl methyl sites for hydroxylation is 1. The van der Waals surface area contributed by atoms with Gasteiger partial charge in [0.15, 0.2) is 0 Å². The Balaban J connectivity index is 1.65. The molecule has 30 heavy (non-hydrogen) atoms. The van der Waals surface area contributed by atoms with Crippen LogP contribution < -0.4 is 10.0 Å². The van der Waals surface area contributed by atoms with Crippen molar-refractivity contribution in [3.05, 3.63) is 87.5 Å². The molecule has 0 atom stereocenters. The standard InChI is InChI=1S/C22H22BrN3O3S/c1-15-20(10-11-21(26-15)18-4-3-5-19(23)12-18)22(27)25-13-16-6-8-17(9-7-16)14-30(28,29)24-2/h3-12,24H,13-14H2,1-2H3,(H,25,27). The van der Waals surface area contributed by atoms with E-state index in [-0.39, 0.29) is 11.7 Å². The fourth-order valence-corrected chi connectivity index (χ4v) is 4.11. The highest BCUT2D eigenvalue weighted by atomic mass is 79.9. The Bertz CT molecular complexity index is 1160. The minimum Gasteiger partial charge on any atom is -0.348 e. The van der Waals surface area contributed by atoms with E-state index in [4.69, 9.17) is 0 Å². The first kappa shape index (κ1) is 22.1. The molecule has 2 N–H and O–H groups in total. The lowest BCUT2D eigenvalue weighted by atomic mass is 10.1. The van der Waals surface area contributed by atoms with Crippen molar-refractivity contribution < 1.29 is 13.2 Å². The summed E-state index contributed by atoms with van der Waals surface area (Å²) in [5.74, 6) is -0.284. The van der Waals surface area contributed by atoms with Crippen molar-refractivity contribution >= 4 is 31.9 Å². The Kier molecular flexibility index (Phi) is 7.02. The Hall–Kier alpha value is -2.55. The molecule has 1 heterocycles. The maximum Gasteiger partial charge on any atom is 0.253 e. The van der Waals surface area contributed by atoms with Gasteiger partial charge in [-0.25, -0.2) is 13.1 Å². The third kappa shape index (κ3) is 5.75. The van der Waals surface area contributed by atoms with Crippen molar-refractivity contribution in [2.24, 2.45) is 0 Å². The monoisotopic (exact) mass is 487 g/mol. The summed E-state index contributed by atoms with van der Waals surface area (Å²) in [6.45, 7) is 2.15. The molecule has 0 saturated heterocycles. The second-order valence-corrected chi connectivity index (χ2v) is 9.64. The highest BCUT2D eigenvalue weighted by Gasteiger charge is 2.12. The Morgan fingerprint density at radius 3 is 2.37 bits per heavy atom. The van der Waals surface area contributed by atoms with Crippen LogP contribution in [0.25, 0.3) is 11.3 Å². The Morgan fingerprint density at radius 2 is 1.73 bits per heavy atom. The van der Waals surface area contributed by atoms with Crippen LogP contribution in [0.2, 0.25) is 0 Å². The number of sulfonamides is 1. The van der Waals surface area contributed by atoms with E-state index in [1.165, 1.54) is 7.05 Å².